The monoisotopic (exact) mass is 226 g/mol. The molecule has 82 valence electrons. The number of pyridine rings is 1. The number of aryl methyl sites for hydroxylation is 1. The van der Waals surface area contributed by atoms with Crippen LogP contribution in [-0.4, -0.2) is 33.6 Å². The van der Waals surface area contributed by atoms with Gasteiger partial charge in [-0.3, -0.25) is 9.78 Å². The Bertz CT molecular complexity index is 306. The standard InChI is InChI=1S/C10H14N2O2S/c11-9(10(13)14)7-15-6-3-8-1-4-12-5-2-8/h1-2,4-5,9H,3,6-7,11H2,(H,13,14)/t9-/m1/s1. The van der Waals surface area contributed by atoms with E-state index in [0.29, 0.717) is 5.75 Å². The first-order valence-electron chi connectivity index (χ1n) is 4.65. The van der Waals surface area contributed by atoms with Crippen molar-refractivity contribution in [2.24, 2.45) is 5.73 Å². The molecular formula is C10H14N2O2S. The molecule has 4 nitrogen and oxygen atoms in total. The van der Waals surface area contributed by atoms with Gasteiger partial charge in [0.2, 0.25) is 0 Å². The largest absolute Gasteiger partial charge is 0.480 e. The van der Waals surface area contributed by atoms with Crippen molar-refractivity contribution >= 4 is 17.7 Å². The number of carbonyl (C=O) groups is 1. The van der Waals surface area contributed by atoms with Crippen molar-refractivity contribution in [3.63, 3.8) is 0 Å². The zero-order valence-corrected chi connectivity index (χ0v) is 9.11. The molecule has 1 atom stereocenters. The van der Waals surface area contributed by atoms with E-state index in [1.54, 1.807) is 24.2 Å². The number of rotatable bonds is 6. The fourth-order valence-corrected chi connectivity index (χ4v) is 1.96. The van der Waals surface area contributed by atoms with Crippen molar-refractivity contribution in [3.05, 3.63) is 30.1 Å². The van der Waals surface area contributed by atoms with E-state index in [0.717, 1.165) is 12.2 Å². The molecule has 1 heterocycles. The van der Waals surface area contributed by atoms with Crippen molar-refractivity contribution in [2.45, 2.75) is 12.5 Å². The van der Waals surface area contributed by atoms with E-state index in [9.17, 15) is 4.79 Å². The van der Waals surface area contributed by atoms with Gasteiger partial charge in [0.15, 0.2) is 0 Å². The van der Waals surface area contributed by atoms with Gasteiger partial charge in [-0.1, -0.05) is 0 Å². The fraction of sp³-hybridized carbons (Fsp3) is 0.400. The average Bonchev–Trinajstić information content (AvgIpc) is 2.25. The van der Waals surface area contributed by atoms with Gasteiger partial charge >= 0.3 is 5.97 Å². The maximum absolute atomic E-state index is 10.4. The lowest BCUT2D eigenvalue weighted by atomic mass is 10.2. The van der Waals surface area contributed by atoms with Crippen molar-refractivity contribution in [2.75, 3.05) is 11.5 Å². The van der Waals surface area contributed by atoms with E-state index in [1.807, 2.05) is 12.1 Å². The molecule has 5 heteroatoms. The minimum atomic E-state index is -0.939. The van der Waals surface area contributed by atoms with Crippen molar-refractivity contribution in [3.8, 4) is 0 Å². The molecule has 0 radical (unpaired) electrons. The fourth-order valence-electron chi connectivity index (χ4n) is 1.02. The third kappa shape index (κ3) is 4.80. The molecule has 1 rings (SSSR count). The molecule has 0 aliphatic rings. The normalized spacial score (nSPS) is 12.3. The molecule has 15 heavy (non-hydrogen) atoms. The summed E-state index contributed by atoms with van der Waals surface area (Å²) in [6.45, 7) is 0. The molecule has 0 aliphatic carbocycles. The Morgan fingerprint density at radius 1 is 1.53 bits per heavy atom. The molecule has 0 saturated carbocycles. The Balaban J connectivity index is 2.15. The van der Waals surface area contributed by atoms with Crippen LogP contribution < -0.4 is 5.73 Å². The summed E-state index contributed by atoms with van der Waals surface area (Å²) in [4.78, 5) is 14.3. The lowest BCUT2D eigenvalue weighted by Gasteiger charge is -2.05. The van der Waals surface area contributed by atoms with Gasteiger partial charge < -0.3 is 10.8 Å². The van der Waals surface area contributed by atoms with Gasteiger partial charge in [0.1, 0.15) is 6.04 Å². The minimum absolute atomic E-state index is 0.459. The van der Waals surface area contributed by atoms with Crippen LogP contribution in [0.4, 0.5) is 0 Å². The molecule has 0 saturated heterocycles. The van der Waals surface area contributed by atoms with Crippen LogP contribution in [0.3, 0.4) is 0 Å². The summed E-state index contributed by atoms with van der Waals surface area (Å²) in [6, 6.07) is 3.16. The highest BCUT2D eigenvalue weighted by Crippen LogP contribution is 2.07. The van der Waals surface area contributed by atoms with Crippen LogP contribution in [0.5, 0.6) is 0 Å². The van der Waals surface area contributed by atoms with Crippen molar-refractivity contribution < 1.29 is 9.90 Å². The zero-order valence-electron chi connectivity index (χ0n) is 8.30. The van der Waals surface area contributed by atoms with E-state index in [2.05, 4.69) is 4.98 Å². The van der Waals surface area contributed by atoms with Crippen molar-refractivity contribution in [1.82, 2.24) is 4.98 Å². The first-order chi connectivity index (χ1) is 7.20. The minimum Gasteiger partial charge on any atom is -0.480 e. The number of hydrogen-bond donors (Lipinski definition) is 2. The van der Waals surface area contributed by atoms with Gasteiger partial charge in [0, 0.05) is 18.1 Å². The van der Waals surface area contributed by atoms with E-state index in [1.165, 1.54) is 5.56 Å². The molecule has 1 aromatic rings. The first-order valence-corrected chi connectivity index (χ1v) is 5.80. The molecule has 0 amide bonds. The van der Waals surface area contributed by atoms with Crippen LogP contribution in [0.2, 0.25) is 0 Å². The van der Waals surface area contributed by atoms with E-state index in [-0.39, 0.29) is 0 Å². The number of hydrogen-bond acceptors (Lipinski definition) is 4. The number of thioether (sulfide) groups is 1. The van der Waals surface area contributed by atoms with Gasteiger partial charge in [0.25, 0.3) is 0 Å². The Morgan fingerprint density at radius 3 is 2.80 bits per heavy atom. The quantitative estimate of drug-likeness (QED) is 0.701. The molecule has 0 aromatic carbocycles. The highest BCUT2D eigenvalue weighted by atomic mass is 32.2. The number of carboxylic acid groups (broad SMARTS) is 1. The van der Waals surface area contributed by atoms with E-state index >= 15 is 0 Å². The van der Waals surface area contributed by atoms with Crippen LogP contribution in [0.1, 0.15) is 5.56 Å². The number of aliphatic carboxylic acids is 1. The lowest BCUT2D eigenvalue weighted by Crippen LogP contribution is -2.32. The Hall–Kier alpha value is -1.07. The first kappa shape index (κ1) is 12.0. The molecule has 0 fully saturated rings. The number of nitrogens with two attached hydrogens (primary N) is 1. The summed E-state index contributed by atoms with van der Waals surface area (Å²) in [5.74, 6) is 0.400. The molecule has 0 unspecified atom stereocenters. The number of carboxylic acids is 1. The summed E-state index contributed by atoms with van der Waals surface area (Å²) in [6.07, 6.45) is 4.42. The second-order valence-electron chi connectivity index (χ2n) is 3.13. The molecule has 0 aliphatic heterocycles. The summed E-state index contributed by atoms with van der Waals surface area (Å²) in [5.41, 5.74) is 6.58. The summed E-state index contributed by atoms with van der Waals surface area (Å²) in [7, 11) is 0. The second kappa shape index (κ2) is 6.42. The van der Waals surface area contributed by atoms with Crippen LogP contribution in [0.25, 0.3) is 0 Å². The zero-order chi connectivity index (χ0) is 11.1. The van der Waals surface area contributed by atoms with Crippen LogP contribution in [0, 0.1) is 0 Å². The smallest absolute Gasteiger partial charge is 0.321 e. The summed E-state index contributed by atoms with van der Waals surface area (Å²) >= 11 is 1.56. The lowest BCUT2D eigenvalue weighted by molar-refractivity contribution is -0.137. The number of nitrogens with zero attached hydrogens (tertiary/aromatic N) is 1. The maximum atomic E-state index is 10.4. The Labute approximate surface area is 92.9 Å². The van der Waals surface area contributed by atoms with Gasteiger partial charge in [-0.25, -0.2) is 0 Å². The number of aromatic nitrogens is 1. The molecule has 0 spiro atoms. The third-order valence-corrected chi connectivity index (χ3v) is 2.99. The molecule has 1 aromatic heterocycles. The van der Waals surface area contributed by atoms with Crippen molar-refractivity contribution in [1.29, 1.82) is 0 Å². The second-order valence-corrected chi connectivity index (χ2v) is 4.27. The van der Waals surface area contributed by atoms with Gasteiger partial charge in [-0.05, 0) is 29.9 Å². The molecule has 3 N–H and O–H groups in total. The van der Waals surface area contributed by atoms with Gasteiger partial charge in [-0.2, -0.15) is 11.8 Å². The van der Waals surface area contributed by atoms with Crippen LogP contribution >= 0.6 is 11.8 Å². The van der Waals surface area contributed by atoms with E-state index in [4.69, 9.17) is 10.8 Å². The Morgan fingerprint density at radius 2 is 2.20 bits per heavy atom. The van der Waals surface area contributed by atoms with Crippen LogP contribution in [-0.2, 0) is 11.2 Å². The highest BCUT2D eigenvalue weighted by molar-refractivity contribution is 7.99. The molecule has 0 bridgehead atoms. The SMILES string of the molecule is N[C@H](CSCCc1ccncc1)C(=O)O. The Kier molecular flexibility index (Phi) is 5.14. The van der Waals surface area contributed by atoms with E-state index < -0.39 is 12.0 Å². The summed E-state index contributed by atoms with van der Waals surface area (Å²) < 4.78 is 0. The molecular weight excluding hydrogens is 212 g/mol. The maximum Gasteiger partial charge on any atom is 0.321 e. The third-order valence-electron chi connectivity index (χ3n) is 1.90. The predicted octanol–water partition coefficient (Wildman–Crippen LogP) is 0.769. The summed E-state index contributed by atoms with van der Waals surface area (Å²) in [5, 5.41) is 8.55. The predicted molar refractivity (Wildman–Crippen MR) is 60.9 cm³/mol. The van der Waals surface area contributed by atoms with Gasteiger partial charge in [-0.15, -0.1) is 0 Å². The van der Waals surface area contributed by atoms with Crippen LogP contribution in [0.15, 0.2) is 24.5 Å². The average molecular weight is 226 g/mol. The topological polar surface area (TPSA) is 76.2 Å². The highest BCUT2D eigenvalue weighted by Gasteiger charge is 2.10. The van der Waals surface area contributed by atoms with Gasteiger partial charge in [0.05, 0.1) is 0 Å².